The fraction of sp³-hybridized carbons (Fsp3) is 0.815. The van der Waals surface area contributed by atoms with E-state index in [-0.39, 0.29) is 56.9 Å². The van der Waals surface area contributed by atoms with E-state index < -0.39 is 17.7 Å². The molecule has 0 aromatic rings. The van der Waals surface area contributed by atoms with Crippen molar-refractivity contribution in [3.8, 4) is 0 Å². The number of nitrogens with zero attached hydrogens (tertiary/aromatic N) is 3. The van der Waals surface area contributed by atoms with Crippen molar-refractivity contribution in [1.29, 1.82) is 0 Å². The highest BCUT2D eigenvalue weighted by molar-refractivity contribution is 5.85. The van der Waals surface area contributed by atoms with Gasteiger partial charge >= 0.3 is 0 Å². The molecule has 11 heteroatoms. The summed E-state index contributed by atoms with van der Waals surface area (Å²) < 4.78 is 0. The van der Waals surface area contributed by atoms with E-state index in [0.717, 1.165) is 44.9 Å². The Morgan fingerprint density at radius 3 is 1.24 bits per heavy atom. The topological polar surface area (TPSA) is 156 Å². The number of ketones is 2. The predicted octanol–water partition coefficient (Wildman–Crippen LogP) is 4.45. The monoisotopic (exact) mass is 543 g/mol. The summed E-state index contributed by atoms with van der Waals surface area (Å²) in [4.78, 5) is 58.6. The summed E-state index contributed by atoms with van der Waals surface area (Å²) in [6, 6.07) is 0. The van der Waals surface area contributed by atoms with Crippen LogP contribution in [0.2, 0.25) is 0 Å². The Morgan fingerprint density at radius 2 is 0.842 bits per heavy atom. The molecule has 0 radical (unpaired) electrons. The molecule has 0 aromatic heterocycles. The number of rotatable bonds is 24. The Balaban J connectivity index is 3.75. The van der Waals surface area contributed by atoms with E-state index in [1.807, 2.05) is 6.92 Å². The highest BCUT2D eigenvalue weighted by Gasteiger charge is 2.14. The molecule has 0 aromatic carbocycles. The molecule has 0 rings (SSSR count). The number of hydrogen-bond acceptors (Lipinski definition) is 8. The van der Waals surface area contributed by atoms with E-state index in [1.165, 1.54) is 6.92 Å². The maximum absolute atomic E-state index is 12.0. The first kappa shape index (κ1) is 35.6. The first-order valence-electron chi connectivity index (χ1n) is 14.1. The van der Waals surface area contributed by atoms with E-state index in [0.29, 0.717) is 53.7 Å². The van der Waals surface area contributed by atoms with Gasteiger partial charge in [-0.15, -0.1) is 0 Å². The molecule has 0 saturated carbocycles. The SMILES string of the molecule is CCCCCN(O)C(=O)CCC(=O)CCCCCCN(O)C(=O)CCC(=O)CCCCCCN(O)C(C)=O. The van der Waals surface area contributed by atoms with Crippen molar-refractivity contribution < 1.29 is 39.6 Å². The van der Waals surface area contributed by atoms with E-state index >= 15 is 0 Å². The van der Waals surface area contributed by atoms with Gasteiger partial charge in [-0.25, -0.2) is 15.2 Å². The number of hydrogen-bond donors (Lipinski definition) is 3. The molecule has 3 N–H and O–H groups in total. The van der Waals surface area contributed by atoms with Crippen LogP contribution in [0.15, 0.2) is 0 Å². The smallest absolute Gasteiger partial charge is 0.246 e. The van der Waals surface area contributed by atoms with Crippen LogP contribution in [0.25, 0.3) is 0 Å². The molecule has 0 spiro atoms. The molecule has 11 nitrogen and oxygen atoms in total. The van der Waals surface area contributed by atoms with E-state index in [1.54, 1.807) is 0 Å². The number of hydroxylamine groups is 6. The van der Waals surface area contributed by atoms with Crippen LogP contribution in [0.1, 0.15) is 123 Å². The fourth-order valence-electron chi connectivity index (χ4n) is 3.79. The molecule has 0 aliphatic heterocycles. The molecule has 3 amide bonds. The van der Waals surface area contributed by atoms with Gasteiger partial charge in [0.15, 0.2) is 0 Å². The molecule has 0 aliphatic rings. The third kappa shape index (κ3) is 19.7. The quantitative estimate of drug-likeness (QED) is 0.0916. The minimum Gasteiger partial charge on any atom is -0.300 e. The Labute approximate surface area is 227 Å². The molecule has 0 aliphatic carbocycles. The number of Topliss-reactive ketones (excluding diaryl/α,β-unsaturated/α-hetero) is 2. The Kier molecular flexibility index (Phi) is 21.2. The van der Waals surface area contributed by atoms with Crippen LogP contribution in [0.4, 0.5) is 0 Å². The first-order valence-corrected chi connectivity index (χ1v) is 14.1. The Hall–Kier alpha value is -2.37. The van der Waals surface area contributed by atoms with E-state index in [9.17, 15) is 39.6 Å². The van der Waals surface area contributed by atoms with Gasteiger partial charge < -0.3 is 0 Å². The van der Waals surface area contributed by atoms with Crippen LogP contribution in [0.3, 0.4) is 0 Å². The zero-order valence-corrected chi connectivity index (χ0v) is 23.4. The third-order valence-corrected chi connectivity index (χ3v) is 6.30. The number of carbonyl (C=O) groups excluding carboxylic acids is 5. The van der Waals surface area contributed by atoms with Crippen molar-refractivity contribution >= 4 is 29.3 Å². The lowest BCUT2D eigenvalue weighted by atomic mass is 10.1. The van der Waals surface area contributed by atoms with Gasteiger partial charge in [0.1, 0.15) is 11.6 Å². The van der Waals surface area contributed by atoms with Crippen LogP contribution in [0.5, 0.6) is 0 Å². The minimum atomic E-state index is -0.488. The van der Waals surface area contributed by atoms with Crippen molar-refractivity contribution in [2.24, 2.45) is 0 Å². The van der Waals surface area contributed by atoms with Crippen LogP contribution < -0.4 is 0 Å². The van der Waals surface area contributed by atoms with E-state index in [4.69, 9.17) is 0 Å². The predicted molar refractivity (Wildman–Crippen MR) is 140 cm³/mol. The van der Waals surface area contributed by atoms with Crippen LogP contribution >= 0.6 is 0 Å². The number of carbonyl (C=O) groups is 5. The minimum absolute atomic E-state index is 0.0112. The lowest BCUT2D eigenvalue weighted by Gasteiger charge is -2.15. The molecular weight excluding hydrogens is 494 g/mol. The molecule has 0 saturated heterocycles. The van der Waals surface area contributed by atoms with Crippen molar-refractivity contribution in [3.05, 3.63) is 0 Å². The van der Waals surface area contributed by atoms with Gasteiger partial charge in [0.2, 0.25) is 17.7 Å². The van der Waals surface area contributed by atoms with E-state index in [2.05, 4.69) is 0 Å². The molecule has 0 bridgehead atoms. The van der Waals surface area contributed by atoms with Crippen molar-refractivity contribution in [2.75, 3.05) is 19.6 Å². The van der Waals surface area contributed by atoms with Crippen LogP contribution in [-0.2, 0) is 24.0 Å². The Bertz CT molecular complexity index is 716. The zero-order valence-electron chi connectivity index (χ0n) is 23.4. The standard InChI is InChI=1S/C27H49N3O8/c1-3-4-11-21-29(37)26(34)18-16-25(33)15-10-6-8-13-22-30(38)27(35)19-17-24(32)14-9-5-7-12-20-28(36)23(2)31/h36-38H,3-22H2,1-2H3. The molecule has 220 valence electrons. The lowest BCUT2D eigenvalue weighted by molar-refractivity contribution is -0.166. The van der Waals surface area contributed by atoms with Crippen molar-refractivity contribution in [2.45, 2.75) is 123 Å². The average Bonchev–Trinajstić information content (AvgIpc) is 2.89. The Morgan fingerprint density at radius 1 is 0.474 bits per heavy atom. The summed E-state index contributed by atoms with van der Waals surface area (Å²) in [5.41, 5.74) is 0. The second-order valence-electron chi connectivity index (χ2n) is 9.79. The summed E-state index contributed by atoms with van der Waals surface area (Å²) in [6.07, 6.45) is 9.21. The zero-order chi connectivity index (χ0) is 28.8. The van der Waals surface area contributed by atoms with Gasteiger partial charge in [0.25, 0.3) is 0 Å². The maximum Gasteiger partial charge on any atom is 0.246 e. The third-order valence-electron chi connectivity index (χ3n) is 6.30. The molecule has 0 atom stereocenters. The van der Waals surface area contributed by atoms with Gasteiger partial charge in [0.05, 0.1) is 0 Å². The highest BCUT2D eigenvalue weighted by Crippen LogP contribution is 2.10. The summed E-state index contributed by atoms with van der Waals surface area (Å²) in [5, 5.41) is 30.8. The number of unbranched alkanes of at least 4 members (excludes halogenated alkanes) is 8. The van der Waals surface area contributed by atoms with Gasteiger partial charge in [-0.2, -0.15) is 0 Å². The summed E-state index contributed by atoms with van der Waals surface area (Å²) >= 11 is 0. The fourth-order valence-corrected chi connectivity index (χ4v) is 3.79. The lowest BCUT2D eigenvalue weighted by Crippen LogP contribution is -2.28. The highest BCUT2D eigenvalue weighted by atomic mass is 16.5. The largest absolute Gasteiger partial charge is 0.300 e. The van der Waals surface area contributed by atoms with Gasteiger partial charge in [0, 0.05) is 65.1 Å². The second kappa shape index (κ2) is 22.6. The summed E-state index contributed by atoms with van der Waals surface area (Å²) in [5.74, 6) is -1.37. The van der Waals surface area contributed by atoms with Crippen molar-refractivity contribution in [3.63, 3.8) is 0 Å². The van der Waals surface area contributed by atoms with Crippen LogP contribution in [-0.4, -0.2) is 79.7 Å². The normalized spacial score (nSPS) is 10.8. The maximum atomic E-state index is 12.0. The summed E-state index contributed by atoms with van der Waals surface area (Å²) in [7, 11) is 0. The molecular formula is C27H49N3O8. The molecule has 0 heterocycles. The summed E-state index contributed by atoms with van der Waals surface area (Å²) in [6.45, 7) is 4.05. The molecule has 38 heavy (non-hydrogen) atoms. The average molecular weight is 544 g/mol. The van der Waals surface area contributed by atoms with Crippen LogP contribution in [0, 0.1) is 0 Å². The van der Waals surface area contributed by atoms with Gasteiger partial charge in [-0.1, -0.05) is 45.4 Å². The number of amides is 3. The second-order valence-corrected chi connectivity index (χ2v) is 9.79. The first-order chi connectivity index (χ1) is 18.1. The van der Waals surface area contributed by atoms with Gasteiger partial charge in [-0.3, -0.25) is 39.6 Å². The van der Waals surface area contributed by atoms with Crippen molar-refractivity contribution in [1.82, 2.24) is 15.2 Å². The molecule has 0 fully saturated rings. The van der Waals surface area contributed by atoms with Gasteiger partial charge in [-0.05, 0) is 32.1 Å². The molecule has 0 unspecified atom stereocenters.